The zero-order chi connectivity index (χ0) is 11.8. The molecule has 2 heterocycles. The van der Waals surface area contributed by atoms with Crippen LogP contribution in [0.3, 0.4) is 0 Å². The first-order chi connectivity index (χ1) is 7.57. The molecule has 1 N–H and O–H groups in total. The normalized spacial score (nSPS) is 21.2. The standard InChI is InChI=1S/C11H18BrN3O/c1-3-15-6-4-11(16,5-7-15)10-9(12)8-13-14(10)2/h8,16H,3-7H2,1-2H3. The van der Waals surface area contributed by atoms with Gasteiger partial charge in [-0.3, -0.25) is 4.68 Å². The van der Waals surface area contributed by atoms with Crippen molar-refractivity contribution in [3.63, 3.8) is 0 Å². The van der Waals surface area contributed by atoms with Gasteiger partial charge >= 0.3 is 0 Å². The van der Waals surface area contributed by atoms with Gasteiger partial charge in [0, 0.05) is 20.1 Å². The Kier molecular flexibility index (Phi) is 3.37. The SMILES string of the molecule is CCN1CCC(O)(c2c(Br)cnn2C)CC1. The van der Waals surface area contributed by atoms with Crippen molar-refractivity contribution in [2.24, 2.45) is 7.05 Å². The van der Waals surface area contributed by atoms with Crippen LogP contribution in [0.15, 0.2) is 10.7 Å². The fourth-order valence-electron chi connectivity index (χ4n) is 2.41. The third-order valence-electron chi connectivity index (χ3n) is 3.47. The van der Waals surface area contributed by atoms with Crippen molar-refractivity contribution in [3.8, 4) is 0 Å². The maximum atomic E-state index is 10.7. The van der Waals surface area contributed by atoms with Gasteiger partial charge in [-0.2, -0.15) is 5.10 Å². The van der Waals surface area contributed by atoms with Gasteiger partial charge in [-0.05, 0) is 35.3 Å². The van der Waals surface area contributed by atoms with E-state index in [9.17, 15) is 5.11 Å². The molecule has 0 radical (unpaired) electrons. The minimum absolute atomic E-state index is 0.726. The van der Waals surface area contributed by atoms with Gasteiger partial charge in [0.25, 0.3) is 0 Å². The molecule has 0 aromatic carbocycles. The van der Waals surface area contributed by atoms with Gasteiger partial charge in [0.15, 0.2) is 0 Å². The Hall–Kier alpha value is -0.390. The molecule has 0 unspecified atom stereocenters. The van der Waals surface area contributed by atoms with E-state index in [1.807, 2.05) is 7.05 Å². The lowest BCUT2D eigenvalue weighted by Gasteiger charge is -2.37. The summed E-state index contributed by atoms with van der Waals surface area (Å²) >= 11 is 3.46. The lowest BCUT2D eigenvalue weighted by Crippen LogP contribution is -2.43. The van der Waals surface area contributed by atoms with Crippen molar-refractivity contribution in [1.82, 2.24) is 14.7 Å². The molecule has 1 saturated heterocycles. The Morgan fingerprint density at radius 1 is 1.50 bits per heavy atom. The maximum Gasteiger partial charge on any atom is 0.110 e. The molecule has 16 heavy (non-hydrogen) atoms. The third kappa shape index (κ3) is 2.04. The van der Waals surface area contributed by atoms with Crippen LogP contribution in [-0.2, 0) is 12.6 Å². The Bertz CT molecular complexity index is 350. The molecule has 4 nitrogen and oxygen atoms in total. The van der Waals surface area contributed by atoms with Gasteiger partial charge in [0.1, 0.15) is 5.60 Å². The summed E-state index contributed by atoms with van der Waals surface area (Å²) in [5.74, 6) is 0. The number of piperidine rings is 1. The second-order valence-electron chi connectivity index (χ2n) is 4.43. The number of aromatic nitrogens is 2. The van der Waals surface area contributed by atoms with Crippen LogP contribution in [-0.4, -0.2) is 39.4 Å². The molecule has 0 atom stereocenters. The third-order valence-corrected chi connectivity index (χ3v) is 4.05. The summed E-state index contributed by atoms with van der Waals surface area (Å²) in [6, 6.07) is 0. The van der Waals surface area contributed by atoms with Crippen molar-refractivity contribution < 1.29 is 5.11 Å². The first-order valence-electron chi connectivity index (χ1n) is 5.69. The Morgan fingerprint density at radius 3 is 2.56 bits per heavy atom. The number of rotatable bonds is 2. The van der Waals surface area contributed by atoms with E-state index in [1.165, 1.54) is 0 Å². The second kappa shape index (κ2) is 4.47. The van der Waals surface area contributed by atoms with E-state index >= 15 is 0 Å². The van der Waals surface area contributed by atoms with Crippen molar-refractivity contribution in [1.29, 1.82) is 0 Å². The second-order valence-corrected chi connectivity index (χ2v) is 5.28. The molecule has 0 spiro atoms. The molecule has 0 aliphatic carbocycles. The van der Waals surface area contributed by atoms with Gasteiger partial charge < -0.3 is 10.0 Å². The van der Waals surface area contributed by atoms with E-state index in [1.54, 1.807) is 10.9 Å². The minimum atomic E-state index is -0.726. The predicted octanol–water partition coefficient (Wildman–Crippen LogP) is 1.49. The molecule has 0 bridgehead atoms. The van der Waals surface area contributed by atoms with Crippen LogP contribution in [0.2, 0.25) is 0 Å². The van der Waals surface area contributed by atoms with E-state index < -0.39 is 5.60 Å². The van der Waals surface area contributed by atoms with E-state index in [4.69, 9.17) is 0 Å². The molecule has 0 amide bonds. The van der Waals surface area contributed by atoms with Crippen LogP contribution in [0.25, 0.3) is 0 Å². The highest BCUT2D eigenvalue weighted by Gasteiger charge is 2.37. The summed E-state index contributed by atoms with van der Waals surface area (Å²) < 4.78 is 2.67. The highest BCUT2D eigenvalue weighted by atomic mass is 79.9. The summed E-state index contributed by atoms with van der Waals surface area (Å²) in [5.41, 5.74) is 0.179. The molecule has 1 fully saturated rings. The Labute approximate surface area is 104 Å². The minimum Gasteiger partial charge on any atom is -0.383 e. The van der Waals surface area contributed by atoms with E-state index in [0.717, 1.165) is 42.6 Å². The summed E-state index contributed by atoms with van der Waals surface area (Å²) in [4.78, 5) is 2.36. The Balaban J connectivity index is 2.21. The lowest BCUT2D eigenvalue weighted by molar-refractivity contribution is -0.0314. The predicted molar refractivity (Wildman–Crippen MR) is 66.2 cm³/mol. The number of aryl methyl sites for hydroxylation is 1. The average molecular weight is 288 g/mol. The van der Waals surface area contributed by atoms with Gasteiger partial charge in [0.05, 0.1) is 16.4 Å². The highest BCUT2D eigenvalue weighted by molar-refractivity contribution is 9.10. The molecule has 1 aliphatic heterocycles. The molecule has 1 aromatic rings. The quantitative estimate of drug-likeness (QED) is 0.896. The smallest absolute Gasteiger partial charge is 0.110 e. The first kappa shape index (κ1) is 12.1. The monoisotopic (exact) mass is 287 g/mol. The van der Waals surface area contributed by atoms with Crippen LogP contribution in [0.1, 0.15) is 25.5 Å². The summed E-state index contributed by atoms with van der Waals surface area (Å²) in [7, 11) is 1.88. The molecular formula is C11H18BrN3O. The van der Waals surface area contributed by atoms with Crippen molar-refractivity contribution >= 4 is 15.9 Å². The number of halogens is 1. The summed E-state index contributed by atoms with van der Waals surface area (Å²) in [6.45, 7) is 5.11. The van der Waals surface area contributed by atoms with E-state index in [0.29, 0.717) is 0 Å². The molecular weight excluding hydrogens is 270 g/mol. The molecule has 2 rings (SSSR count). The fourth-order valence-corrected chi connectivity index (χ4v) is 3.13. The van der Waals surface area contributed by atoms with Crippen LogP contribution in [0, 0.1) is 0 Å². The van der Waals surface area contributed by atoms with Gasteiger partial charge in [-0.25, -0.2) is 0 Å². The van der Waals surface area contributed by atoms with Gasteiger partial charge in [-0.1, -0.05) is 6.92 Å². The van der Waals surface area contributed by atoms with Crippen LogP contribution < -0.4 is 0 Å². The van der Waals surface area contributed by atoms with Crippen molar-refractivity contribution in [2.45, 2.75) is 25.4 Å². The van der Waals surface area contributed by atoms with Crippen molar-refractivity contribution in [3.05, 3.63) is 16.4 Å². The summed E-state index contributed by atoms with van der Waals surface area (Å²) in [5, 5.41) is 14.9. The largest absolute Gasteiger partial charge is 0.383 e. The Morgan fingerprint density at radius 2 is 2.12 bits per heavy atom. The topological polar surface area (TPSA) is 41.3 Å². The molecule has 1 aliphatic rings. The molecule has 1 aromatic heterocycles. The van der Waals surface area contributed by atoms with E-state index in [-0.39, 0.29) is 0 Å². The zero-order valence-corrected chi connectivity index (χ0v) is 11.4. The zero-order valence-electron chi connectivity index (χ0n) is 9.78. The van der Waals surface area contributed by atoms with Crippen LogP contribution in [0.5, 0.6) is 0 Å². The van der Waals surface area contributed by atoms with Gasteiger partial charge in [0.2, 0.25) is 0 Å². The number of likely N-dealkylation sites (tertiary alicyclic amines) is 1. The van der Waals surface area contributed by atoms with Gasteiger partial charge in [-0.15, -0.1) is 0 Å². The summed E-state index contributed by atoms with van der Waals surface area (Å²) in [6.07, 6.45) is 3.30. The fraction of sp³-hybridized carbons (Fsp3) is 0.727. The van der Waals surface area contributed by atoms with E-state index in [2.05, 4.69) is 32.9 Å². The highest BCUT2D eigenvalue weighted by Crippen LogP contribution is 2.36. The number of hydrogen-bond acceptors (Lipinski definition) is 3. The maximum absolute atomic E-state index is 10.7. The average Bonchev–Trinajstić information content (AvgIpc) is 2.60. The van der Waals surface area contributed by atoms with Crippen LogP contribution in [0.4, 0.5) is 0 Å². The van der Waals surface area contributed by atoms with Crippen LogP contribution >= 0.6 is 15.9 Å². The molecule has 90 valence electrons. The van der Waals surface area contributed by atoms with Crippen molar-refractivity contribution in [2.75, 3.05) is 19.6 Å². The molecule has 5 heteroatoms. The number of aliphatic hydroxyl groups is 1. The number of hydrogen-bond donors (Lipinski definition) is 1. The lowest BCUT2D eigenvalue weighted by atomic mass is 9.88. The molecule has 0 saturated carbocycles. The number of nitrogens with zero attached hydrogens (tertiary/aromatic N) is 3. The first-order valence-corrected chi connectivity index (χ1v) is 6.49.